The molecule has 2 rings (SSSR count). The number of aromatic nitrogens is 1. The summed E-state index contributed by atoms with van der Waals surface area (Å²) in [4.78, 5) is 12.1. The second-order valence-electron chi connectivity index (χ2n) is 5.87. The van der Waals surface area contributed by atoms with E-state index in [1.54, 1.807) is 16.8 Å². The zero-order valence-electron chi connectivity index (χ0n) is 12.0. The van der Waals surface area contributed by atoms with Crippen LogP contribution in [0.5, 0.6) is 0 Å². The van der Waals surface area contributed by atoms with Gasteiger partial charge in [0.05, 0.1) is 5.56 Å². The molecule has 112 valence electrons. The third kappa shape index (κ3) is 3.35. The van der Waals surface area contributed by atoms with Crippen LogP contribution >= 0.6 is 0 Å². The van der Waals surface area contributed by atoms with E-state index in [0.29, 0.717) is 11.1 Å². The van der Waals surface area contributed by atoms with E-state index in [2.05, 4.69) is 0 Å². The van der Waals surface area contributed by atoms with Crippen molar-refractivity contribution in [3.8, 4) is 11.1 Å². The van der Waals surface area contributed by atoms with Gasteiger partial charge in [0.25, 0.3) is 5.56 Å². The fourth-order valence-electron chi connectivity index (χ4n) is 2.06. The summed E-state index contributed by atoms with van der Waals surface area (Å²) in [6.07, 6.45) is -2.69. The Morgan fingerprint density at radius 2 is 1.48 bits per heavy atom. The summed E-state index contributed by atoms with van der Waals surface area (Å²) < 4.78 is 39.1. The lowest BCUT2D eigenvalue weighted by atomic mass is 10.0. The Bertz CT molecular complexity index is 691. The third-order valence-electron chi connectivity index (χ3n) is 3.19. The zero-order chi connectivity index (χ0) is 15.8. The molecule has 0 radical (unpaired) electrons. The first kappa shape index (κ1) is 15.4. The van der Waals surface area contributed by atoms with Gasteiger partial charge in [0.2, 0.25) is 0 Å². The summed E-state index contributed by atoms with van der Waals surface area (Å²) in [6, 6.07) is 7.95. The van der Waals surface area contributed by atoms with Crippen LogP contribution in [0.2, 0.25) is 0 Å². The van der Waals surface area contributed by atoms with Gasteiger partial charge in [-0.1, -0.05) is 12.1 Å². The van der Waals surface area contributed by atoms with Crippen molar-refractivity contribution in [3.63, 3.8) is 0 Å². The summed E-state index contributed by atoms with van der Waals surface area (Å²) in [5.74, 6) is 0. The molecule has 0 aliphatic heterocycles. The molecule has 5 heteroatoms. The van der Waals surface area contributed by atoms with Gasteiger partial charge in [-0.2, -0.15) is 13.2 Å². The van der Waals surface area contributed by atoms with Crippen LogP contribution in [0.1, 0.15) is 26.3 Å². The van der Waals surface area contributed by atoms with Gasteiger partial charge in [-0.25, -0.2) is 0 Å². The van der Waals surface area contributed by atoms with Crippen LogP contribution in [0.3, 0.4) is 0 Å². The predicted octanol–water partition coefficient (Wildman–Crippen LogP) is 4.29. The zero-order valence-corrected chi connectivity index (χ0v) is 12.0. The number of alkyl halides is 3. The molecule has 1 aromatic carbocycles. The minimum atomic E-state index is -4.35. The van der Waals surface area contributed by atoms with Crippen molar-refractivity contribution in [2.45, 2.75) is 32.5 Å². The second kappa shape index (κ2) is 5.06. The van der Waals surface area contributed by atoms with Gasteiger partial charge < -0.3 is 4.57 Å². The minimum Gasteiger partial charge on any atom is -0.310 e. The monoisotopic (exact) mass is 295 g/mol. The van der Waals surface area contributed by atoms with Gasteiger partial charge in [0, 0.05) is 17.8 Å². The number of hydrogen-bond acceptors (Lipinski definition) is 1. The second-order valence-corrected chi connectivity index (χ2v) is 5.87. The Morgan fingerprint density at radius 3 is 1.90 bits per heavy atom. The molecular weight excluding hydrogens is 279 g/mol. The minimum absolute atomic E-state index is 0.181. The van der Waals surface area contributed by atoms with Gasteiger partial charge in [0.1, 0.15) is 0 Å². The fraction of sp³-hybridized carbons (Fsp3) is 0.312. The molecule has 0 saturated heterocycles. The van der Waals surface area contributed by atoms with Crippen LogP contribution < -0.4 is 5.56 Å². The lowest BCUT2D eigenvalue weighted by molar-refractivity contribution is -0.137. The van der Waals surface area contributed by atoms with Crippen LogP contribution in [0.15, 0.2) is 47.4 Å². The molecule has 2 aromatic rings. The molecule has 0 bridgehead atoms. The van der Waals surface area contributed by atoms with Crippen molar-refractivity contribution in [1.82, 2.24) is 4.57 Å². The quantitative estimate of drug-likeness (QED) is 0.769. The molecule has 0 aliphatic carbocycles. The van der Waals surface area contributed by atoms with E-state index < -0.39 is 11.7 Å². The van der Waals surface area contributed by atoms with Crippen LogP contribution in [-0.2, 0) is 11.7 Å². The van der Waals surface area contributed by atoms with E-state index in [4.69, 9.17) is 0 Å². The molecule has 0 aliphatic rings. The van der Waals surface area contributed by atoms with Crippen LogP contribution in [-0.4, -0.2) is 4.57 Å². The highest BCUT2D eigenvalue weighted by Gasteiger charge is 2.30. The Balaban J connectivity index is 2.40. The van der Waals surface area contributed by atoms with Crippen molar-refractivity contribution in [1.29, 1.82) is 0 Å². The van der Waals surface area contributed by atoms with Crippen molar-refractivity contribution in [2.75, 3.05) is 0 Å². The number of benzene rings is 1. The molecule has 0 N–H and O–H groups in total. The van der Waals surface area contributed by atoms with E-state index in [1.165, 1.54) is 18.2 Å². The van der Waals surface area contributed by atoms with Crippen LogP contribution in [0.4, 0.5) is 13.2 Å². The van der Waals surface area contributed by atoms with E-state index in [0.717, 1.165) is 12.1 Å². The highest BCUT2D eigenvalue weighted by Crippen LogP contribution is 2.30. The number of nitrogens with zero attached hydrogens (tertiary/aromatic N) is 1. The largest absolute Gasteiger partial charge is 0.416 e. The molecule has 0 saturated carbocycles. The summed E-state index contributed by atoms with van der Waals surface area (Å²) in [7, 11) is 0. The molecule has 1 heterocycles. The Hall–Kier alpha value is -2.04. The van der Waals surface area contributed by atoms with E-state index in [1.807, 2.05) is 20.8 Å². The summed E-state index contributed by atoms with van der Waals surface area (Å²) in [5.41, 5.74) is -0.0278. The molecule has 0 unspecified atom stereocenters. The maximum absolute atomic E-state index is 12.5. The predicted molar refractivity (Wildman–Crippen MR) is 76.1 cm³/mol. The lowest BCUT2D eigenvalue weighted by Gasteiger charge is -2.22. The van der Waals surface area contributed by atoms with E-state index >= 15 is 0 Å². The lowest BCUT2D eigenvalue weighted by Crippen LogP contribution is -2.32. The maximum Gasteiger partial charge on any atom is 0.416 e. The third-order valence-corrected chi connectivity index (χ3v) is 3.19. The molecule has 0 atom stereocenters. The summed E-state index contributed by atoms with van der Waals surface area (Å²) in [6.45, 7) is 5.73. The first-order valence-electron chi connectivity index (χ1n) is 6.50. The Morgan fingerprint density at radius 1 is 0.905 bits per heavy atom. The number of hydrogen-bond donors (Lipinski definition) is 0. The molecule has 1 aromatic heterocycles. The number of pyridine rings is 1. The fourth-order valence-corrected chi connectivity index (χ4v) is 2.06. The standard InChI is InChI=1S/C16H16F3NO/c1-15(2,3)20-9-8-12(10-14(20)21)11-4-6-13(7-5-11)16(17,18)19/h4-10H,1-3H3. The van der Waals surface area contributed by atoms with Gasteiger partial charge >= 0.3 is 6.18 Å². The van der Waals surface area contributed by atoms with Crippen molar-refractivity contribution < 1.29 is 13.2 Å². The van der Waals surface area contributed by atoms with Crippen LogP contribution in [0.25, 0.3) is 11.1 Å². The number of halogens is 3. The molecular formula is C16H16F3NO. The van der Waals surface area contributed by atoms with Gasteiger partial charge in [-0.15, -0.1) is 0 Å². The van der Waals surface area contributed by atoms with E-state index in [9.17, 15) is 18.0 Å². The van der Waals surface area contributed by atoms with Gasteiger partial charge in [-0.3, -0.25) is 4.79 Å². The average molecular weight is 295 g/mol. The first-order chi connectivity index (χ1) is 9.59. The summed E-state index contributed by atoms with van der Waals surface area (Å²) >= 11 is 0. The molecule has 0 spiro atoms. The highest BCUT2D eigenvalue weighted by atomic mass is 19.4. The first-order valence-corrected chi connectivity index (χ1v) is 6.50. The molecule has 2 nitrogen and oxygen atoms in total. The normalized spacial score (nSPS) is 12.5. The molecule has 0 fully saturated rings. The van der Waals surface area contributed by atoms with Crippen molar-refractivity contribution >= 4 is 0 Å². The topological polar surface area (TPSA) is 22.0 Å². The van der Waals surface area contributed by atoms with Gasteiger partial charge in [0.15, 0.2) is 0 Å². The van der Waals surface area contributed by atoms with Gasteiger partial charge in [-0.05, 0) is 50.1 Å². The van der Waals surface area contributed by atoms with Crippen LogP contribution in [0, 0.1) is 0 Å². The number of rotatable bonds is 1. The highest BCUT2D eigenvalue weighted by molar-refractivity contribution is 5.63. The average Bonchev–Trinajstić information content (AvgIpc) is 2.36. The smallest absolute Gasteiger partial charge is 0.310 e. The maximum atomic E-state index is 12.5. The molecule has 21 heavy (non-hydrogen) atoms. The van der Waals surface area contributed by atoms with E-state index in [-0.39, 0.29) is 11.1 Å². The molecule has 0 amide bonds. The Labute approximate surface area is 120 Å². The Kier molecular flexibility index (Phi) is 3.70. The summed E-state index contributed by atoms with van der Waals surface area (Å²) in [5, 5.41) is 0. The SMILES string of the molecule is CC(C)(C)n1ccc(-c2ccc(C(F)(F)F)cc2)cc1=O. The van der Waals surface area contributed by atoms with Crippen molar-refractivity contribution in [3.05, 3.63) is 58.5 Å². The van der Waals surface area contributed by atoms with Crippen molar-refractivity contribution in [2.24, 2.45) is 0 Å².